The number of rotatable bonds is 10. The van der Waals surface area contributed by atoms with Crippen LogP contribution in [0.4, 0.5) is 10.5 Å². The number of urea groups is 1. The second kappa shape index (κ2) is 13.2. The van der Waals surface area contributed by atoms with Gasteiger partial charge in [0.1, 0.15) is 10.7 Å². The largest absolute Gasteiger partial charge is 0.351 e. The Bertz CT molecular complexity index is 1310. The minimum absolute atomic E-state index is 0.0664. The number of halogens is 1. The van der Waals surface area contributed by atoms with Crippen LogP contribution in [0.2, 0.25) is 5.02 Å². The summed E-state index contributed by atoms with van der Waals surface area (Å²) in [6.45, 7) is 4.69. The predicted molar refractivity (Wildman–Crippen MR) is 155 cm³/mol. The highest BCUT2D eigenvalue weighted by molar-refractivity contribution is 7.09. The Morgan fingerprint density at radius 3 is 2.21 bits per heavy atom. The quantitative estimate of drug-likeness (QED) is 0.221. The Labute approximate surface area is 232 Å². The van der Waals surface area contributed by atoms with E-state index in [9.17, 15) is 9.59 Å². The molecule has 0 fully saturated rings. The smallest absolute Gasteiger partial charge is 0.322 e. The molecular weight excluding hydrogens is 516 g/mol. The van der Waals surface area contributed by atoms with Gasteiger partial charge in [-0.15, -0.1) is 11.3 Å². The van der Waals surface area contributed by atoms with Crippen molar-refractivity contribution in [2.75, 3.05) is 11.9 Å². The molecule has 4 aromatic rings. The van der Waals surface area contributed by atoms with Crippen LogP contribution in [-0.4, -0.2) is 34.4 Å². The summed E-state index contributed by atoms with van der Waals surface area (Å²) < 4.78 is 0. The fraction of sp³-hybridized carbons (Fsp3) is 0.233. The lowest BCUT2D eigenvalue weighted by Gasteiger charge is -2.26. The molecule has 4 rings (SSSR count). The summed E-state index contributed by atoms with van der Waals surface area (Å²) in [5.41, 5.74) is 3.42. The van der Waals surface area contributed by atoms with Crippen LogP contribution in [0.25, 0.3) is 0 Å². The van der Waals surface area contributed by atoms with E-state index in [1.807, 2.05) is 50.2 Å². The van der Waals surface area contributed by atoms with E-state index in [2.05, 4.69) is 39.9 Å². The normalized spacial score (nSPS) is 11.0. The number of benzene rings is 3. The molecule has 0 saturated heterocycles. The van der Waals surface area contributed by atoms with E-state index in [1.54, 1.807) is 34.5 Å². The van der Waals surface area contributed by atoms with Gasteiger partial charge in [-0.2, -0.15) is 0 Å². The molecule has 2 N–H and O–H groups in total. The molecule has 0 radical (unpaired) electrons. The van der Waals surface area contributed by atoms with Gasteiger partial charge in [0.15, 0.2) is 0 Å². The van der Waals surface area contributed by atoms with Crippen molar-refractivity contribution in [1.29, 1.82) is 0 Å². The van der Waals surface area contributed by atoms with Crippen molar-refractivity contribution in [1.82, 2.24) is 15.2 Å². The first-order valence-electron chi connectivity index (χ1n) is 12.6. The van der Waals surface area contributed by atoms with Crippen molar-refractivity contribution >= 4 is 40.6 Å². The lowest BCUT2D eigenvalue weighted by molar-refractivity contribution is 0.0948. The monoisotopic (exact) mass is 546 g/mol. The maximum atomic E-state index is 12.9. The molecular formula is C30H31ClN4O2S. The molecule has 8 heteroatoms. The Kier molecular flexibility index (Phi) is 9.51. The van der Waals surface area contributed by atoms with E-state index in [4.69, 9.17) is 11.6 Å². The Hall–Kier alpha value is -3.68. The van der Waals surface area contributed by atoms with Crippen molar-refractivity contribution < 1.29 is 9.59 Å². The number of amides is 3. The third-order valence-electron chi connectivity index (χ3n) is 6.17. The summed E-state index contributed by atoms with van der Waals surface area (Å²) in [4.78, 5) is 32.0. The molecule has 3 aromatic carbocycles. The summed E-state index contributed by atoms with van der Waals surface area (Å²) in [6.07, 6.45) is 0.765. The molecule has 1 heterocycles. The number of anilines is 1. The van der Waals surface area contributed by atoms with Crippen LogP contribution < -0.4 is 10.6 Å². The molecule has 0 aliphatic heterocycles. The summed E-state index contributed by atoms with van der Waals surface area (Å²) in [5, 5.41) is 8.88. The van der Waals surface area contributed by atoms with Crippen LogP contribution in [0.3, 0.4) is 0 Å². The van der Waals surface area contributed by atoms with Crippen molar-refractivity contribution in [3.8, 4) is 0 Å². The molecule has 0 saturated carbocycles. The average Bonchev–Trinajstić information content (AvgIpc) is 3.39. The lowest BCUT2D eigenvalue weighted by Crippen LogP contribution is -2.39. The molecule has 0 unspecified atom stereocenters. The van der Waals surface area contributed by atoms with E-state index in [0.717, 1.165) is 6.42 Å². The van der Waals surface area contributed by atoms with Crippen LogP contribution >= 0.6 is 22.9 Å². The highest BCUT2D eigenvalue weighted by Gasteiger charge is 2.21. The topological polar surface area (TPSA) is 74.3 Å². The number of carbonyl (C=O) groups excluding carboxylic acids is 2. The predicted octanol–water partition coefficient (Wildman–Crippen LogP) is 7.19. The second-order valence-corrected chi connectivity index (χ2v) is 10.6. The highest BCUT2D eigenvalue weighted by atomic mass is 35.5. The molecule has 0 aliphatic carbocycles. The Morgan fingerprint density at radius 1 is 0.947 bits per heavy atom. The van der Waals surface area contributed by atoms with Crippen molar-refractivity contribution in [2.24, 2.45) is 0 Å². The van der Waals surface area contributed by atoms with Gasteiger partial charge in [-0.05, 0) is 49.6 Å². The zero-order chi connectivity index (χ0) is 26.9. The maximum absolute atomic E-state index is 12.9. The number of carbonyl (C=O) groups is 2. The van der Waals surface area contributed by atoms with Crippen LogP contribution in [0.5, 0.6) is 0 Å². The van der Waals surface area contributed by atoms with Gasteiger partial charge in [0.05, 0.1) is 6.54 Å². The van der Waals surface area contributed by atoms with Gasteiger partial charge in [-0.1, -0.05) is 78.3 Å². The number of nitrogens with one attached hydrogen (secondary N) is 2. The van der Waals surface area contributed by atoms with E-state index in [-0.39, 0.29) is 23.9 Å². The lowest BCUT2D eigenvalue weighted by atomic mass is 9.88. The second-order valence-electron chi connectivity index (χ2n) is 9.21. The molecule has 6 nitrogen and oxygen atoms in total. The maximum Gasteiger partial charge on any atom is 0.322 e. The number of hydrogen-bond acceptors (Lipinski definition) is 4. The third-order valence-corrected chi connectivity index (χ3v) is 7.24. The van der Waals surface area contributed by atoms with Crippen LogP contribution in [0.1, 0.15) is 52.8 Å². The minimum atomic E-state index is -0.253. The van der Waals surface area contributed by atoms with E-state index in [1.165, 1.54) is 22.5 Å². The van der Waals surface area contributed by atoms with Gasteiger partial charge in [0, 0.05) is 34.6 Å². The van der Waals surface area contributed by atoms with Crippen LogP contribution in [0, 0.1) is 0 Å². The first-order chi connectivity index (χ1) is 18.4. The van der Waals surface area contributed by atoms with E-state index >= 15 is 0 Å². The number of aromatic nitrogens is 1. The zero-order valence-electron chi connectivity index (χ0n) is 21.4. The summed E-state index contributed by atoms with van der Waals surface area (Å²) in [7, 11) is 0. The summed E-state index contributed by atoms with van der Waals surface area (Å²) in [5.74, 6) is -0.0341. The van der Waals surface area contributed by atoms with E-state index in [0.29, 0.717) is 34.5 Å². The molecule has 0 spiro atoms. The molecule has 0 atom stereocenters. The van der Waals surface area contributed by atoms with Crippen molar-refractivity contribution in [3.63, 3.8) is 0 Å². The highest BCUT2D eigenvalue weighted by Crippen LogP contribution is 2.27. The van der Waals surface area contributed by atoms with Crippen molar-refractivity contribution in [3.05, 3.63) is 117 Å². The van der Waals surface area contributed by atoms with Crippen LogP contribution in [-0.2, 0) is 6.54 Å². The van der Waals surface area contributed by atoms with Gasteiger partial charge in [-0.3, -0.25) is 4.79 Å². The molecule has 196 valence electrons. The third kappa shape index (κ3) is 7.43. The fourth-order valence-electron chi connectivity index (χ4n) is 4.20. The van der Waals surface area contributed by atoms with E-state index < -0.39 is 0 Å². The first-order valence-corrected chi connectivity index (χ1v) is 13.8. The molecule has 3 amide bonds. The SMILES string of the molecule is CC(C)N(Cc1nc(C(=O)NCCC(c2ccccc2)c2ccccc2)cs1)C(=O)Nc1cccc(Cl)c1. The van der Waals surface area contributed by atoms with Gasteiger partial charge >= 0.3 is 6.03 Å². The first kappa shape index (κ1) is 27.4. The fourth-order valence-corrected chi connectivity index (χ4v) is 5.16. The number of thiazole rings is 1. The molecule has 1 aromatic heterocycles. The van der Waals surface area contributed by atoms with Gasteiger partial charge in [-0.25, -0.2) is 9.78 Å². The van der Waals surface area contributed by atoms with Gasteiger partial charge < -0.3 is 15.5 Å². The summed E-state index contributed by atoms with van der Waals surface area (Å²) >= 11 is 7.41. The summed E-state index contributed by atoms with van der Waals surface area (Å²) in [6, 6.07) is 27.4. The van der Waals surface area contributed by atoms with Gasteiger partial charge in [0.2, 0.25) is 0 Å². The molecule has 0 aliphatic rings. The minimum Gasteiger partial charge on any atom is -0.351 e. The molecule has 38 heavy (non-hydrogen) atoms. The van der Waals surface area contributed by atoms with Gasteiger partial charge in [0.25, 0.3) is 5.91 Å². The van der Waals surface area contributed by atoms with Crippen molar-refractivity contribution in [2.45, 2.75) is 38.8 Å². The Morgan fingerprint density at radius 2 is 1.61 bits per heavy atom. The zero-order valence-corrected chi connectivity index (χ0v) is 23.0. The molecule has 0 bridgehead atoms. The number of nitrogens with zero attached hydrogens (tertiary/aromatic N) is 2. The van der Waals surface area contributed by atoms with Crippen LogP contribution in [0.15, 0.2) is 90.3 Å². The average molecular weight is 547 g/mol. The standard InChI is InChI=1S/C30H31ClN4O2S/c1-21(2)35(30(37)33-25-15-9-14-24(31)18-25)19-28-34-27(20-38-28)29(36)32-17-16-26(22-10-5-3-6-11-22)23-12-7-4-8-13-23/h3-15,18,20-21,26H,16-17,19H2,1-2H3,(H,32,36)(H,33,37). The number of hydrogen-bond donors (Lipinski definition) is 2. The Balaban J connectivity index is 1.35.